The van der Waals surface area contributed by atoms with Crippen molar-refractivity contribution in [2.75, 3.05) is 11.9 Å². The van der Waals surface area contributed by atoms with Gasteiger partial charge in [-0.1, -0.05) is 42.5 Å². The van der Waals surface area contributed by atoms with E-state index in [0.29, 0.717) is 0 Å². The molecule has 1 heterocycles. The van der Waals surface area contributed by atoms with Gasteiger partial charge in [-0.05, 0) is 48.3 Å². The molecule has 130 valence electrons. The third kappa shape index (κ3) is 4.17. The molecule has 0 aliphatic carbocycles. The molecule has 1 unspecified atom stereocenters. The molecule has 2 N–H and O–H groups in total. The van der Waals surface area contributed by atoms with Crippen LogP contribution in [0.4, 0.5) is 5.69 Å². The van der Waals surface area contributed by atoms with E-state index in [0.717, 1.165) is 30.3 Å². The lowest BCUT2D eigenvalue weighted by Gasteiger charge is -2.33. The summed E-state index contributed by atoms with van der Waals surface area (Å²) in [4.78, 5) is 13.6. The van der Waals surface area contributed by atoms with Gasteiger partial charge in [0.2, 0.25) is 5.91 Å². The summed E-state index contributed by atoms with van der Waals surface area (Å²) in [5.41, 5.74) is 4.57. The predicted molar refractivity (Wildman–Crippen MR) is 105 cm³/mol. The summed E-state index contributed by atoms with van der Waals surface area (Å²) >= 11 is 5.63. The van der Waals surface area contributed by atoms with Gasteiger partial charge in [-0.3, -0.25) is 4.79 Å². The maximum Gasteiger partial charge on any atom is 0.221 e. The summed E-state index contributed by atoms with van der Waals surface area (Å²) in [5.74, 6) is -0.0373. The number of nitrogens with one attached hydrogen (secondary N) is 2. The zero-order chi connectivity index (χ0) is 17.8. The van der Waals surface area contributed by atoms with Crippen LogP contribution in [-0.2, 0) is 17.8 Å². The topological polar surface area (TPSA) is 44.4 Å². The van der Waals surface area contributed by atoms with Crippen LogP contribution >= 0.6 is 12.2 Å². The molecule has 5 heteroatoms. The number of carbonyl (C=O) groups is 1. The van der Waals surface area contributed by atoms with Crippen molar-refractivity contribution in [3.8, 4) is 0 Å². The Kier molecular flexibility index (Phi) is 5.34. The van der Waals surface area contributed by atoms with Crippen molar-refractivity contribution < 1.29 is 4.79 Å². The molecule has 0 bridgehead atoms. The number of rotatable bonds is 3. The number of nitrogens with zero attached hydrogens (tertiary/aromatic N) is 1. The zero-order valence-corrected chi connectivity index (χ0v) is 15.4. The second kappa shape index (κ2) is 7.66. The molecule has 0 fully saturated rings. The van der Waals surface area contributed by atoms with Crippen LogP contribution in [0.25, 0.3) is 0 Å². The average molecular weight is 353 g/mol. The first-order chi connectivity index (χ1) is 12.0. The SMILES string of the molecule is CC(=O)Nc1cccc2c1CCN(C(=S)NC(C)c1ccccc1)C2. The van der Waals surface area contributed by atoms with Crippen LogP contribution in [-0.4, -0.2) is 22.5 Å². The van der Waals surface area contributed by atoms with Crippen molar-refractivity contribution in [2.45, 2.75) is 32.9 Å². The lowest BCUT2D eigenvalue weighted by atomic mass is 9.98. The van der Waals surface area contributed by atoms with Crippen LogP contribution in [0.5, 0.6) is 0 Å². The normalized spacial score (nSPS) is 14.4. The molecule has 3 rings (SSSR count). The summed E-state index contributed by atoms with van der Waals surface area (Å²) in [6.45, 7) is 5.26. The van der Waals surface area contributed by atoms with Gasteiger partial charge < -0.3 is 15.5 Å². The molecule has 1 amide bonds. The zero-order valence-electron chi connectivity index (χ0n) is 14.6. The number of carbonyl (C=O) groups excluding carboxylic acids is 1. The fourth-order valence-corrected chi connectivity index (χ4v) is 3.52. The Morgan fingerprint density at radius 3 is 2.64 bits per heavy atom. The average Bonchev–Trinajstić information content (AvgIpc) is 2.61. The Morgan fingerprint density at radius 1 is 1.16 bits per heavy atom. The molecule has 0 aromatic heterocycles. The molecule has 2 aromatic carbocycles. The standard InChI is InChI=1S/C20H23N3OS/c1-14(16-7-4-3-5-8-16)21-20(25)23-12-11-18-17(13-23)9-6-10-19(18)22-15(2)24/h3-10,14H,11-13H2,1-2H3,(H,21,25)(H,22,24). The Bertz CT molecular complexity index is 776. The van der Waals surface area contributed by atoms with Crippen LogP contribution in [0, 0.1) is 0 Å². The van der Waals surface area contributed by atoms with E-state index in [-0.39, 0.29) is 11.9 Å². The largest absolute Gasteiger partial charge is 0.356 e. The quantitative estimate of drug-likeness (QED) is 0.827. The van der Waals surface area contributed by atoms with Gasteiger partial charge in [-0.25, -0.2) is 0 Å². The van der Waals surface area contributed by atoms with E-state index in [1.807, 2.05) is 30.3 Å². The van der Waals surface area contributed by atoms with Crippen LogP contribution in [0.1, 0.15) is 36.6 Å². The third-order valence-corrected chi connectivity index (χ3v) is 4.88. The Hall–Kier alpha value is -2.40. The molecule has 1 atom stereocenters. The van der Waals surface area contributed by atoms with Crippen LogP contribution < -0.4 is 10.6 Å². The van der Waals surface area contributed by atoms with Gasteiger partial charge in [0.05, 0.1) is 6.04 Å². The first kappa shape index (κ1) is 17.4. The van der Waals surface area contributed by atoms with E-state index in [1.54, 1.807) is 6.92 Å². The lowest BCUT2D eigenvalue weighted by Crippen LogP contribution is -2.43. The summed E-state index contributed by atoms with van der Waals surface area (Å²) < 4.78 is 0. The molecule has 0 saturated carbocycles. The first-order valence-corrected chi connectivity index (χ1v) is 8.94. The van der Waals surface area contributed by atoms with Gasteiger partial charge in [0.25, 0.3) is 0 Å². The fraction of sp³-hybridized carbons (Fsp3) is 0.300. The number of fused-ring (bicyclic) bond motifs is 1. The van der Waals surface area contributed by atoms with Crippen molar-refractivity contribution >= 4 is 28.9 Å². The number of anilines is 1. The predicted octanol–water partition coefficient (Wildman–Crippen LogP) is 3.64. The highest BCUT2D eigenvalue weighted by molar-refractivity contribution is 7.80. The minimum Gasteiger partial charge on any atom is -0.356 e. The van der Waals surface area contributed by atoms with Crippen LogP contribution in [0.2, 0.25) is 0 Å². The van der Waals surface area contributed by atoms with Crippen molar-refractivity contribution in [1.82, 2.24) is 10.2 Å². The van der Waals surface area contributed by atoms with Crippen LogP contribution in [0.15, 0.2) is 48.5 Å². The number of hydrogen-bond donors (Lipinski definition) is 2. The summed E-state index contributed by atoms with van der Waals surface area (Å²) in [6, 6.07) is 16.5. The Morgan fingerprint density at radius 2 is 1.92 bits per heavy atom. The molecule has 2 aromatic rings. The summed E-state index contributed by atoms with van der Waals surface area (Å²) in [6.07, 6.45) is 0.868. The number of hydrogen-bond acceptors (Lipinski definition) is 2. The highest BCUT2D eigenvalue weighted by Gasteiger charge is 2.21. The maximum atomic E-state index is 11.4. The fourth-order valence-electron chi connectivity index (χ4n) is 3.19. The molecular formula is C20H23N3OS. The Balaban J connectivity index is 1.68. The molecular weight excluding hydrogens is 330 g/mol. The van der Waals surface area contributed by atoms with Gasteiger partial charge >= 0.3 is 0 Å². The van der Waals surface area contributed by atoms with E-state index in [4.69, 9.17) is 12.2 Å². The van der Waals surface area contributed by atoms with E-state index >= 15 is 0 Å². The van der Waals surface area contributed by atoms with Gasteiger partial charge in [0.1, 0.15) is 0 Å². The van der Waals surface area contributed by atoms with Crippen LogP contribution in [0.3, 0.4) is 0 Å². The third-order valence-electron chi connectivity index (χ3n) is 4.50. The van der Waals surface area contributed by atoms with Gasteiger partial charge in [0, 0.05) is 25.7 Å². The second-order valence-corrected chi connectivity index (χ2v) is 6.76. The van der Waals surface area contributed by atoms with E-state index < -0.39 is 0 Å². The number of benzene rings is 2. The van der Waals surface area contributed by atoms with Crippen molar-refractivity contribution in [3.63, 3.8) is 0 Å². The first-order valence-electron chi connectivity index (χ1n) is 8.53. The molecule has 1 aliphatic heterocycles. The minimum atomic E-state index is -0.0373. The molecule has 0 spiro atoms. The molecule has 0 saturated heterocycles. The maximum absolute atomic E-state index is 11.4. The molecule has 1 aliphatic rings. The number of amides is 1. The smallest absolute Gasteiger partial charge is 0.221 e. The number of thiocarbonyl (C=S) groups is 1. The van der Waals surface area contributed by atoms with Gasteiger partial charge in [-0.15, -0.1) is 0 Å². The van der Waals surface area contributed by atoms with E-state index in [2.05, 4.69) is 40.7 Å². The highest BCUT2D eigenvalue weighted by atomic mass is 32.1. The van der Waals surface area contributed by atoms with E-state index in [1.165, 1.54) is 16.7 Å². The summed E-state index contributed by atoms with van der Waals surface area (Å²) in [7, 11) is 0. The molecule has 0 radical (unpaired) electrons. The second-order valence-electron chi connectivity index (χ2n) is 6.38. The van der Waals surface area contributed by atoms with Crippen molar-refractivity contribution in [3.05, 3.63) is 65.2 Å². The van der Waals surface area contributed by atoms with E-state index in [9.17, 15) is 4.79 Å². The lowest BCUT2D eigenvalue weighted by molar-refractivity contribution is -0.114. The minimum absolute atomic E-state index is 0.0373. The van der Waals surface area contributed by atoms with Crippen molar-refractivity contribution in [2.24, 2.45) is 0 Å². The summed E-state index contributed by atoms with van der Waals surface area (Å²) in [5, 5.41) is 7.13. The highest BCUT2D eigenvalue weighted by Crippen LogP contribution is 2.26. The molecule has 25 heavy (non-hydrogen) atoms. The molecule has 4 nitrogen and oxygen atoms in total. The monoisotopic (exact) mass is 353 g/mol. The van der Waals surface area contributed by atoms with Crippen molar-refractivity contribution in [1.29, 1.82) is 0 Å². The Labute approximate surface area is 154 Å². The van der Waals surface area contributed by atoms with Gasteiger partial charge in [0.15, 0.2) is 5.11 Å². The van der Waals surface area contributed by atoms with Gasteiger partial charge in [-0.2, -0.15) is 0 Å².